The quantitative estimate of drug-likeness (QED) is 0.707. The lowest BCUT2D eigenvalue weighted by Gasteiger charge is -2.07. The summed E-state index contributed by atoms with van der Waals surface area (Å²) in [6, 6.07) is 0. The zero-order chi connectivity index (χ0) is 10.1. The van der Waals surface area contributed by atoms with Gasteiger partial charge in [0.05, 0.1) is 11.3 Å². The molecule has 1 heterocycles. The lowest BCUT2D eigenvalue weighted by molar-refractivity contribution is 0.0682. The first kappa shape index (κ1) is 8.55. The van der Waals surface area contributed by atoms with E-state index < -0.39 is 5.97 Å². The number of carboxylic acids is 1. The molecule has 5 nitrogen and oxygen atoms in total. The largest absolute Gasteiger partial charge is 0.475 e. The second kappa shape index (κ2) is 3.02. The van der Waals surface area contributed by atoms with Gasteiger partial charge in [0.2, 0.25) is 5.82 Å². The first-order chi connectivity index (χ1) is 6.68. The van der Waals surface area contributed by atoms with Crippen molar-refractivity contribution in [2.24, 2.45) is 0 Å². The topological polar surface area (TPSA) is 80.2 Å². The maximum atomic E-state index is 11.3. The summed E-state index contributed by atoms with van der Waals surface area (Å²) < 4.78 is 0. The van der Waals surface area contributed by atoms with Gasteiger partial charge >= 0.3 is 5.97 Å². The molecule has 1 aromatic rings. The fourth-order valence-corrected chi connectivity index (χ4v) is 1.23. The Bertz CT molecular complexity index is 451. The van der Waals surface area contributed by atoms with Gasteiger partial charge in [0.15, 0.2) is 5.78 Å². The summed E-state index contributed by atoms with van der Waals surface area (Å²) in [6.07, 6.45) is 4.87. The van der Waals surface area contributed by atoms with E-state index in [0.29, 0.717) is 17.7 Å². The minimum absolute atomic E-state index is 0.0839. The zero-order valence-corrected chi connectivity index (χ0v) is 7.10. The van der Waals surface area contributed by atoms with Crippen LogP contribution in [0.2, 0.25) is 0 Å². The van der Waals surface area contributed by atoms with Gasteiger partial charge in [0.1, 0.15) is 0 Å². The van der Waals surface area contributed by atoms with Crippen molar-refractivity contribution in [2.75, 3.05) is 0 Å². The van der Waals surface area contributed by atoms with Crippen LogP contribution in [-0.4, -0.2) is 26.8 Å². The second-order valence-corrected chi connectivity index (χ2v) is 2.83. The Morgan fingerprint density at radius 1 is 1.50 bits per heavy atom. The summed E-state index contributed by atoms with van der Waals surface area (Å²) in [5.74, 6) is -1.57. The number of rotatable bonds is 1. The molecule has 1 aromatic heterocycles. The molecule has 1 aliphatic carbocycles. The van der Waals surface area contributed by atoms with Gasteiger partial charge in [-0.25, -0.2) is 14.8 Å². The third-order valence-electron chi connectivity index (χ3n) is 1.89. The summed E-state index contributed by atoms with van der Waals surface area (Å²) in [6.45, 7) is 0. The van der Waals surface area contributed by atoms with E-state index in [4.69, 9.17) is 5.11 Å². The van der Waals surface area contributed by atoms with Crippen LogP contribution in [0.5, 0.6) is 0 Å². The number of carboxylic acid groups (broad SMARTS) is 1. The van der Waals surface area contributed by atoms with Crippen molar-refractivity contribution < 1.29 is 14.7 Å². The molecule has 0 atom stereocenters. The fraction of sp³-hybridized carbons (Fsp3) is 0.111. The molecule has 0 aliphatic heterocycles. The summed E-state index contributed by atoms with van der Waals surface area (Å²) in [4.78, 5) is 29.1. The van der Waals surface area contributed by atoms with E-state index in [9.17, 15) is 9.59 Å². The van der Waals surface area contributed by atoms with Crippen LogP contribution in [0.15, 0.2) is 12.3 Å². The average Bonchev–Trinajstić information content (AvgIpc) is 2.17. The van der Waals surface area contributed by atoms with E-state index >= 15 is 0 Å². The second-order valence-electron chi connectivity index (χ2n) is 2.83. The van der Waals surface area contributed by atoms with E-state index in [1.165, 1.54) is 6.20 Å². The van der Waals surface area contributed by atoms with E-state index in [0.717, 1.165) is 0 Å². The number of aromatic nitrogens is 2. The van der Waals surface area contributed by atoms with Crippen molar-refractivity contribution in [3.63, 3.8) is 0 Å². The molecule has 0 unspecified atom stereocenters. The van der Waals surface area contributed by atoms with Gasteiger partial charge in [0, 0.05) is 12.6 Å². The highest BCUT2D eigenvalue weighted by Crippen LogP contribution is 2.15. The Morgan fingerprint density at radius 3 is 3.00 bits per heavy atom. The van der Waals surface area contributed by atoms with Crippen LogP contribution < -0.4 is 0 Å². The van der Waals surface area contributed by atoms with Gasteiger partial charge in [-0.15, -0.1) is 0 Å². The highest BCUT2D eigenvalue weighted by atomic mass is 16.4. The molecule has 70 valence electrons. The number of Topliss-reactive ketones (excluding diaryl/α,β-unsaturated/α-hetero) is 1. The molecule has 1 N–H and O–H groups in total. The number of carbonyl (C=O) groups excluding carboxylic acids is 1. The molecule has 0 saturated carbocycles. The summed E-state index contributed by atoms with van der Waals surface area (Å²) in [5, 5.41) is 8.62. The maximum absolute atomic E-state index is 11.3. The summed E-state index contributed by atoms with van der Waals surface area (Å²) >= 11 is 0. The lowest BCUT2D eigenvalue weighted by Crippen LogP contribution is -2.12. The molecule has 0 saturated heterocycles. The van der Waals surface area contributed by atoms with Crippen molar-refractivity contribution in [1.29, 1.82) is 0 Å². The minimum atomic E-state index is -1.20. The molecule has 0 amide bonds. The predicted octanol–water partition coefficient (Wildman–Crippen LogP) is 0.774. The Labute approximate surface area is 79.1 Å². The van der Waals surface area contributed by atoms with Crippen LogP contribution in [0.3, 0.4) is 0 Å². The third-order valence-corrected chi connectivity index (χ3v) is 1.89. The number of carbonyl (C=O) groups is 2. The van der Waals surface area contributed by atoms with Gasteiger partial charge in [-0.05, 0) is 6.08 Å². The molecule has 14 heavy (non-hydrogen) atoms. The Morgan fingerprint density at radius 2 is 2.29 bits per heavy atom. The van der Waals surface area contributed by atoms with Crippen LogP contribution >= 0.6 is 0 Å². The van der Waals surface area contributed by atoms with Crippen molar-refractivity contribution in [3.8, 4) is 0 Å². The van der Waals surface area contributed by atoms with E-state index in [1.807, 2.05) is 0 Å². The molecule has 5 heteroatoms. The Balaban J connectivity index is 2.56. The van der Waals surface area contributed by atoms with E-state index in [-0.39, 0.29) is 11.6 Å². The Kier molecular flexibility index (Phi) is 1.85. The fourth-order valence-electron chi connectivity index (χ4n) is 1.23. The Hall–Kier alpha value is -2.04. The van der Waals surface area contributed by atoms with Crippen molar-refractivity contribution >= 4 is 17.8 Å². The number of aromatic carboxylic acids is 1. The molecule has 1 aliphatic rings. The van der Waals surface area contributed by atoms with Crippen LogP contribution in [-0.2, 0) is 0 Å². The van der Waals surface area contributed by atoms with E-state index in [1.54, 1.807) is 12.2 Å². The SMILES string of the molecule is O=C(O)c1ncc2c(n1)C=CCC2=O. The molecule has 0 spiro atoms. The summed E-state index contributed by atoms with van der Waals surface area (Å²) in [7, 11) is 0. The number of nitrogens with zero attached hydrogens (tertiary/aromatic N) is 2. The normalized spacial score (nSPS) is 13.9. The van der Waals surface area contributed by atoms with Gasteiger partial charge in [-0.1, -0.05) is 6.08 Å². The molecular weight excluding hydrogens is 184 g/mol. The van der Waals surface area contributed by atoms with Crippen LogP contribution in [0.25, 0.3) is 6.08 Å². The third kappa shape index (κ3) is 1.28. The number of fused-ring (bicyclic) bond motifs is 1. The standard InChI is InChI=1S/C9H6N2O3/c12-7-3-1-2-6-5(7)4-10-8(11-6)9(13)14/h1-2,4H,3H2,(H,13,14). The zero-order valence-electron chi connectivity index (χ0n) is 7.10. The molecule has 0 bridgehead atoms. The first-order valence-electron chi connectivity index (χ1n) is 3.98. The monoisotopic (exact) mass is 190 g/mol. The smallest absolute Gasteiger partial charge is 0.373 e. The van der Waals surface area contributed by atoms with Crippen molar-refractivity contribution in [1.82, 2.24) is 9.97 Å². The number of hydrogen-bond acceptors (Lipinski definition) is 4. The predicted molar refractivity (Wildman–Crippen MR) is 47.0 cm³/mol. The minimum Gasteiger partial charge on any atom is -0.475 e. The number of hydrogen-bond donors (Lipinski definition) is 1. The molecule has 0 aromatic carbocycles. The maximum Gasteiger partial charge on any atom is 0.373 e. The molecular formula is C9H6N2O3. The van der Waals surface area contributed by atoms with Crippen LogP contribution in [0.1, 0.15) is 33.1 Å². The first-order valence-corrected chi connectivity index (χ1v) is 3.98. The number of ketones is 1. The number of allylic oxidation sites excluding steroid dienone is 1. The van der Waals surface area contributed by atoms with Gasteiger partial charge < -0.3 is 5.11 Å². The van der Waals surface area contributed by atoms with Crippen molar-refractivity contribution in [2.45, 2.75) is 6.42 Å². The van der Waals surface area contributed by atoms with Crippen LogP contribution in [0, 0.1) is 0 Å². The van der Waals surface area contributed by atoms with Gasteiger partial charge in [-0.2, -0.15) is 0 Å². The lowest BCUT2D eigenvalue weighted by atomic mass is 10.0. The summed E-state index contributed by atoms with van der Waals surface area (Å²) in [5.41, 5.74) is 0.770. The highest BCUT2D eigenvalue weighted by Gasteiger charge is 2.17. The van der Waals surface area contributed by atoms with Gasteiger partial charge in [0.25, 0.3) is 0 Å². The van der Waals surface area contributed by atoms with E-state index in [2.05, 4.69) is 9.97 Å². The van der Waals surface area contributed by atoms with Crippen LogP contribution in [0.4, 0.5) is 0 Å². The molecule has 2 rings (SSSR count). The molecule has 0 fully saturated rings. The van der Waals surface area contributed by atoms with Gasteiger partial charge in [-0.3, -0.25) is 4.79 Å². The van der Waals surface area contributed by atoms with Crippen molar-refractivity contribution in [3.05, 3.63) is 29.4 Å². The molecule has 0 radical (unpaired) electrons. The highest BCUT2D eigenvalue weighted by molar-refractivity contribution is 6.02. The average molecular weight is 190 g/mol.